The first-order valence-corrected chi connectivity index (χ1v) is 6.47. The second-order valence-corrected chi connectivity index (χ2v) is 5.08. The summed E-state index contributed by atoms with van der Waals surface area (Å²) in [7, 11) is 0. The molecule has 5 nitrogen and oxygen atoms in total. The van der Waals surface area contributed by atoms with Gasteiger partial charge in [0.15, 0.2) is 0 Å². The number of benzene rings is 1. The lowest BCUT2D eigenvalue weighted by atomic mass is 9.98. The van der Waals surface area contributed by atoms with E-state index in [1.165, 1.54) is 4.90 Å². The van der Waals surface area contributed by atoms with E-state index >= 15 is 0 Å². The minimum atomic E-state index is -1.50. The Hall–Kier alpha value is -2.17. The van der Waals surface area contributed by atoms with Gasteiger partial charge in [-0.15, -0.1) is 0 Å². The third-order valence-electron chi connectivity index (χ3n) is 2.95. The van der Waals surface area contributed by atoms with Crippen LogP contribution in [0.15, 0.2) is 30.3 Å². The third kappa shape index (κ3) is 4.50. The number of carboxylic acid groups (broad SMARTS) is 1. The van der Waals surface area contributed by atoms with E-state index in [0.717, 1.165) is 5.56 Å². The number of hydrogen-bond donors (Lipinski definition) is 1. The van der Waals surface area contributed by atoms with Crippen LogP contribution in [0.3, 0.4) is 0 Å². The lowest BCUT2D eigenvalue weighted by Gasteiger charge is -2.27. The Balaban J connectivity index is 2.93. The highest BCUT2D eigenvalue weighted by Crippen LogP contribution is 2.15. The Morgan fingerprint density at radius 3 is 2.30 bits per heavy atom. The predicted molar refractivity (Wildman–Crippen MR) is 73.9 cm³/mol. The van der Waals surface area contributed by atoms with Gasteiger partial charge in [-0.05, 0) is 17.9 Å². The molecule has 0 aromatic heterocycles. The highest BCUT2D eigenvalue weighted by molar-refractivity contribution is 6.35. The SMILES string of the molecule is CC(C)CC(C(=O)C(=O)O)N(C=O)Cc1ccccc1. The fraction of sp³-hybridized carbons (Fsp3) is 0.400. The highest BCUT2D eigenvalue weighted by Gasteiger charge is 2.30. The van der Waals surface area contributed by atoms with Crippen LogP contribution in [0.25, 0.3) is 0 Å². The van der Waals surface area contributed by atoms with Crippen molar-refractivity contribution < 1.29 is 19.5 Å². The molecule has 1 unspecified atom stereocenters. The lowest BCUT2D eigenvalue weighted by Crippen LogP contribution is -2.44. The summed E-state index contributed by atoms with van der Waals surface area (Å²) in [6, 6.07) is 8.24. The molecule has 1 rings (SSSR count). The van der Waals surface area contributed by atoms with Crippen LogP contribution in [-0.4, -0.2) is 34.2 Å². The highest BCUT2D eigenvalue weighted by atomic mass is 16.4. The van der Waals surface area contributed by atoms with Crippen LogP contribution < -0.4 is 0 Å². The zero-order valence-electron chi connectivity index (χ0n) is 11.7. The van der Waals surface area contributed by atoms with E-state index in [-0.39, 0.29) is 12.5 Å². The Morgan fingerprint density at radius 1 is 1.25 bits per heavy atom. The first-order valence-electron chi connectivity index (χ1n) is 6.47. The van der Waals surface area contributed by atoms with E-state index in [9.17, 15) is 14.4 Å². The number of ketones is 1. The minimum absolute atomic E-state index is 0.113. The van der Waals surface area contributed by atoms with Crippen LogP contribution in [0, 0.1) is 5.92 Å². The summed E-state index contributed by atoms with van der Waals surface area (Å²) < 4.78 is 0. The summed E-state index contributed by atoms with van der Waals surface area (Å²) in [5.74, 6) is -2.33. The second kappa shape index (κ2) is 7.43. The summed E-state index contributed by atoms with van der Waals surface area (Å²) in [6.07, 6.45) is 0.873. The van der Waals surface area contributed by atoms with Crippen molar-refractivity contribution in [2.24, 2.45) is 5.92 Å². The molecule has 108 valence electrons. The normalized spacial score (nSPS) is 11.9. The van der Waals surface area contributed by atoms with Crippen LogP contribution in [0.1, 0.15) is 25.8 Å². The standard InChI is InChI=1S/C15H19NO4/c1-11(2)8-13(14(18)15(19)20)16(10-17)9-12-6-4-3-5-7-12/h3-7,10-11,13H,8-9H2,1-2H3,(H,19,20). The van der Waals surface area contributed by atoms with Crippen LogP contribution in [-0.2, 0) is 20.9 Å². The zero-order valence-corrected chi connectivity index (χ0v) is 11.7. The summed E-state index contributed by atoms with van der Waals surface area (Å²) in [6.45, 7) is 3.99. The molecule has 0 aliphatic heterocycles. The van der Waals surface area contributed by atoms with E-state index < -0.39 is 17.8 Å². The fourth-order valence-corrected chi connectivity index (χ4v) is 2.00. The molecule has 0 heterocycles. The molecule has 0 aliphatic carbocycles. The molecule has 0 bridgehead atoms. The van der Waals surface area contributed by atoms with Gasteiger partial charge in [-0.2, -0.15) is 0 Å². The summed E-state index contributed by atoms with van der Waals surface area (Å²) in [4.78, 5) is 35.2. The van der Waals surface area contributed by atoms with Crippen molar-refractivity contribution in [3.63, 3.8) is 0 Å². The summed E-state index contributed by atoms with van der Waals surface area (Å²) in [5.41, 5.74) is 0.853. The van der Waals surface area contributed by atoms with Gasteiger partial charge in [-0.3, -0.25) is 9.59 Å². The number of Topliss-reactive ketones (excluding diaryl/α,β-unsaturated/α-hetero) is 1. The Labute approximate surface area is 118 Å². The van der Waals surface area contributed by atoms with E-state index in [1.54, 1.807) is 0 Å². The summed E-state index contributed by atoms with van der Waals surface area (Å²) in [5, 5.41) is 8.88. The van der Waals surface area contributed by atoms with Gasteiger partial charge >= 0.3 is 5.97 Å². The van der Waals surface area contributed by atoms with Gasteiger partial charge in [0, 0.05) is 6.54 Å². The molecule has 1 aromatic rings. The van der Waals surface area contributed by atoms with Crippen molar-refractivity contribution in [3.8, 4) is 0 Å². The van der Waals surface area contributed by atoms with Crippen molar-refractivity contribution >= 4 is 18.2 Å². The number of amides is 1. The fourth-order valence-electron chi connectivity index (χ4n) is 2.00. The van der Waals surface area contributed by atoms with Crippen LogP contribution in [0.2, 0.25) is 0 Å². The molecule has 0 spiro atoms. The van der Waals surface area contributed by atoms with E-state index in [1.807, 2.05) is 44.2 Å². The molecule has 1 atom stereocenters. The van der Waals surface area contributed by atoms with Crippen molar-refractivity contribution in [2.45, 2.75) is 32.9 Å². The average Bonchev–Trinajstić information content (AvgIpc) is 2.42. The molecule has 0 saturated heterocycles. The number of carbonyl (C=O) groups excluding carboxylic acids is 2. The van der Waals surface area contributed by atoms with Crippen LogP contribution >= 0.6 is 0 Å². The molecule has 5 heteroatoms. The number of nitrogens with zero attached hydrogens (tertiary/aromatic N) is 1. The van der Waals surface area contributed by atoms with Crippen LogP contribution in [0.5, 0.6) is 0 Å². The molecule has 1 aromatic carbocycles. The van der Waals surface area contributed by atoms with Crippen molar-refractivity contribution in [2.75, 3.05) is 0 Å². The molecule has 0 aliphatic rings. The Bertz CT molecular complexity index is 470. The maximum absolute atomic E-state index is 11.8. The molecular formula is C15H19NO4. The first-order chi connectivity index (χ1) is 9.45. The van der Waals surface area contributed by atoms with Gasteiger partial charge in [-0.25, -0.2) is 4.79 Å². The van der Waals surface area contributed by atoms with E-state index in [0.29, 0.717) is 12.8 Å². The molecule has 0 radical (unpaired) electrons. The van der Waals surface area contributed by atoms with Gasteiger partial charge in [0.25, 0.3) is 5.78 Å². The Morgan fingerprint density at radius 2 is 1.85 bits per heavy atom. The number of aliphatic carboxylic acids is 1. The monoisotopic (exact) mass is 277 g/mol. The molecule has 1 N–H and O–H groups in total. The number of carboxylic acids is 1. The number of hydrogen-bond acceptors (Lipinski definition) is 3. The molecular weight excluding hydrogens is 258 g/mol. The lowest BCUT2D eigenvalue weighted by molar-refractivity contribution is -0.152. The van der Waals surface area contributed by atoms with Crippen LogP contribution in [0.4, 0.5) is 0 Å². The predicted octanol–water partition coefficient (Wildman–Crippen LogP) is 1.71. The first kappa shape index (κ1) is 15.9. The molecule has 0 fully saturated rings. The zero-order chi connectivity index (χ0) is 15.1. The number of rotatable bonds is 8. The second-order valence-electron chi connectivity index (χ2n) is 5.08. The average molecular weight is 277 g/mol. The van der Waals surface area contributed by atoms with E-state index in [2.05, 4.69) is 0 Å². The maximum atomic E-state index is 11.8. The van der Waals surface area contributed by atoms with E-state index in [4.69, 9.17) is 5.11 Å². The molecule has 1 amide bonds. The minimum Gasteiger partial charge on any atom is -0.475 e. The van der Waals surface area contributed by atoms with Crippen molar-refractivity contribution in [1.29, 1.82) is 0 Å². The van der Waals surface area contributed by atoms with Gasteiger partial charge in [0.1, 0.15) is 6.04 Å². The molecule has 20 heavy (non-hydrogen) atoms. The van der Waals surface area contributed by atoms with Gasteiger partial charge < -0.3 is 10.0 Å². The third-order valence-corrected chi connectivity index (χ3v) is 2.95. The number of carbonyl (C=O) groups is 3. The van der Waals surface area contributed by atoms with Crippen molar-refractivity contribution in [3.05, 3.63) is 35.9 Å². The summed E-state index contributed by atoms with van der Waals surface area (Å²) >= 11 is 0. The van der Waals surface area contributed by atoms with Gasteiger partial charge in [0.2, 0.25) is 6.41 Å². The molecule has 0 saturated carbocycles. The maximum Gasteiger partial charge on any atom is 0.374 e. The topological polar surface area (TPSA) is 74.7 Å². The largest absolute Gasteiger partial charge is 0.475 e. The Kier molecular flexibility index (Phi) is 5.90. The quantitative estimate of drug-likeness (QED) is 0.580. The van der Waals surface area contributed by atoms with Gasteiger partial charge in [-0.1, -0.05) is 44.2 Å². The smallest absolute Gasteiger partial charge is 0.374 e. The van der Waals surface area contributed by atoms with Gasteiger partial charge in [0.05, 0.1) is 0 Å². The van der Waals surface area contributed by atoms with Crippen molar-refractivity contribution in [1.82, 2.24) is 4.90 Å².